The lowest BCUT2D eigenvalue weighted by atomic mass is 10.3. The fraction of sp³-hybridized carbons (Fsp3) is 0.100. The van der Waals surface area contributed by atoms with Crippen LogP contribution in [0.15, 0.2) is 34.8 Å². The molecular formula is C10H9FN2OS2. The van der Waals surface area contributed by atoms with Gasteiger partial charge in [0.25, 0.3) is 0 Å². The number of aromatic nitrogens is 1. The van der Waals surface area contributed by atoms with Gasteiger partial charge in [-0.3, -0.25) is 9.19 Å². The van der Waals surface area contributed by atoms with Gasteiger partial charge in [-0.1, -0.05) is 0 Å². The third-order valence-electron chi connectivity index (χ3n) is 1.99. The zero-order valence-electron chi connectivity index (χ0n) is 8.22. The number of hydrogen-bond acceptors (Lipinski definition) is 4. The van der Waals surface area contributed by atoms with Crippen LogP contribution in [0.4, 0.5) is 10.1 Å². The highest BCUT2D eigenvalue weighted by Crippen LogP contribution is 2.18. The van der Waals surface area contributed by atoms with Crippen molar-refractivity contribution in [2.24, 2.45) is 0 Å². The van der Waals surface area contributed by atoms with Gasteiger partial charge in [0.2, 0.25) is 0 Å². The number of nitrogen functional groups attached to an aromatic ring is 1. The van der Waals surface area contributed by atoms with Crippen molar-refractivity contribution in [1.82, 2.24) is 4.98 Å². The number of rotatable bonds is 3. The Bertz CT molecular complexity index is 514. The van der Waals surface area contributed by atoms with Crippen molar-refractivity contribution < 1.29 is 8.60 Å². The molecule has 0 radical (unpaired) electrons. The average Bonchev–Trinajstić information content (AvgIpc) is 2.74. The zero-order chi connectivity index (χ0) is 11.5. The summed E-state index contributed by atoms with van der Waals surface area (Å²) < 4.78 is 25.0. The molecule has 3 nitrogen and oxygen atoms in total. The zero-order valence-corrected chi connectivity index (χ0v) is 9.85. The molecule has 1 aromatic heterocycles. The van der Waals surface area contributed by atoms with Crippen LogP contribution < -0.4 is 5.73 Å². The normalized spacial score (nSPS) is 12.6. The first-order chi connectivity index (χ1) is 7.66. The van der Waals surface area contributed by atoms with E-state index in [9.17, 15) is 8.60 Å². The summed E-state index contributed by atoms with van der Waals surface area (Å²) in [5.41, 5.74) is 7.09. The predicted molar refractivity (Wildman–Crippen MR) is 63.0 cm³/mol. The average molecular weight is 256 g/mol. The predicted octanol–water partition coefficient (Wildman–Crippen LogP) is 2.17. The Balaban J connectivity index is 2.18. The lowest BCUT2D eigenvalue weighted by molar-refractivity contribution is 0.627. The third-order valence-corrected chi connectivity index (χ3v) is 4.31. The molecule has 1 heterocycles. The molecule has 0 aliphatic heterocycles. The highest BCUT2D eigenvalue weighted by atomic mass is 32.2. The number of halogens is 1. The summed E-state index contributed by atoms with van der Waals surface area (Å²) in [6, 6.07) is 4.22. The smallest absolute Gasteiger partial charge is 0.147 e. The fourth-order valence-electron chi connectivity index (χ4n) is 1.18. The molecule has 2 rings (SSSR count). The molecule has 0 amide bonds. The molecule has 0 saturated heterocycles. The van der Waals surface area contributed by atoms with E-state index >= 15 is 0 Å². The van der Waals surface area contributed by atoms with Crippen LogP contribution in [-0.2, 0) is 16.6 Å². The minimum atomic E-state index is -1.26. The number of benzene rings is 1. The molecule has 0 aliphatic carbocycles. The molecule has 84 valence electrons. The molecule has 1 aromatic carbocycles. The standard InChI is InChI=1S/C10H9FN2OS2/c11-9-3-8(1-2-10(9)12)16(14)5-7-4-13-6-15-7/h1-4,6H,5,12H2. The molecule has 6 heteroatoms. The van der Waals surface area contributed by atoms with Crippen molar-refractivity contribution in [2.45, 2.75) is 10.6 Å². The third kappa shape index (κ3) is 2.45. The van der Waals surface area contributed by atoms with Gasteiger partial charge in [0.15, 0.2) is 0 Å². The van der Waals surface area contributed by atoms with Crippen molar-refractivity contribution in [1.29, 1.82) is 0 Å². The van der Waals surface area contributed by atoms with Gasteiger partial charge in [0.05, 0.1) is 27.8 Å². The van der Waals surface area contributed by atoms with Crippen LogP contribution >= 0.6 is 11.3 Å². The maximum atomic E-state index is 13.1. The highest BCUT2D eigenvalue weighted by Gasteiger charge is 2.08. The van der Waals surface area contributed by atoms with Crippen LogP contribution in [0.5, 0.6) is 0 Å². The van der Waals surface area contributed by atoms with Crippen molar-refractivity contribution in [2.75, 3.05) is 5.73 Å². The molecule has 2 N–H and O–H groups in total. The van der Waals surface area contributed by atoms with Crippen LogP contribution in [0.2, 0.25) is 0 Å². The lowest BCUT2D eigenvalue weighted by Gasteiger charge is -2.02. The van der Waals surface area contributed by atoms with Gasteiger partial charge in [0.1, 0.15) is 5.82 Å². The summed E-state index contributed by atoms with van der Waals surface area (Å²) in [7, 11) is -1.26. The summed E-state index contributed by atoms with van der Waals surface area (Å²) >= 11 is 1.43. The largest absolute Gasteiger partial charge is 0.396 e. The first-order valence-electron chi connectivity index (χ1n) is 4.47. The number of nitrogens with zero attached hydrogens (tertiary/aromatic N) is 1. The van der Waals surface area contributed by atoms with Crippen molar-refractivity contribution >= 4 is 27.8 Å². The molecule has 1 unspecified atom stereocenters. The van der Waals surface area contributed by atoms with Gasteiger partial charge < -0.3 is 5.73 Å². The number of thiazole rings is 1. The second-order valence-electron chi connectivity index (χ2n) is 3.14. The van der Waals surface area contributed by atoms with Gasteiger partial charge in [-0.2, -0.15) is 0 Å². The minimum Gasteiger partial charge on any atom is -0.396 e. The summed E-state index contributed by atoms with van der Waals surface area (Å²) in [6.07, 6.45) is 1.66. The Kier molecular flexibility index (Phi) is 3.31. The van der Waals surface area contributed by atoms with Crippen LogP contribution in [0.25, 0.3) is 0 Å². The second-order valence-corrected chi connectivity index (χ2v) is 5.56. The minimum absolute atomic E-state index is 0.0681. The van der Waals surface area contributed by atoms with E-state index in [0.717, 1.165) is 4.88 Å². The van der Waals surface area contributed by atoms with Crippen molar-refractivity contribution in [3.8, 4) is 0 Å². The summed E-state index contributed by atoms with van der Waals surface area (Å²) in [4.78, 5) is 5.25. The summed E-state index contributed by atoms with van der Waals surface area (Å²) in [6.45, 7) is 0. The molecule has 0 bridgehead atoms. The Morgan fingerprint density at radius 3 is 2.94 bits per heavy atom. The van der Waals surface area contributed by atoms with Crippen LogP contribution in [-0.4, -0.2) is 9.19 Å². The lowest BCUT2D eigenvalue weighted by Crippen LogP contribution is -1.97. The van der Waals surface area contributed by atoms with Gasteiger partial charge in [-0.15, -0.1) is 11.3 Å². The van der Waals surface area contributed by atoms with Crippen LogP contribution in [0.3, 0.4) is 0 Å². The maximum Gasteiger partial charge on any atom is 0.147 e. The maximum absolute atomic E-state index is 13.1. The topological polar surface area (TPSA) is 56.0 Å². The van der Waals surface area contributed by atoms with E-state index in [4.69, 9.17) is 5.73 Å². The quantitative estimate of drug-likeness (QED) is 0.856. The van der Waals surface area contributed by atoms with E-state index in [1.807, 2.05) is 0 Å². The van der Waals surface area contributed by atoms with E-state index in [0.29, 0.717) is 10.6 Å². The Hall–Kier alpha value is -1.27. The van der Waals surface area contributed by atoms with E-state index in [-0.39, 0.29) is 5.69 Å². The molecule has 0 aliphatic rings. The van der Waals surface area contributed by atoms with E-state index in [1.165, 1.54) is 23.5 Å². The number of nitrogens with two attached hydrogens (primary N) is 1. The van der Waals surface area contributed by atoms with E-state index < -0.39 is 16.6 Å². The molecule has 0 saturated carbocycles. The molecule has 0 spiro atoms. The number of hydrogen-bond donors (Lipinski definition) is 1. The van der Waals surface area contributed by atoms with E-state index in [1.54, 1.807) is 17.8 Å². The number of anilines is 1. The molecule has 1 atom stereocenters. The fourth-order valence-corrected chi connectivity index (χ4v) is 3.10. The molecular weight excluding hydrogens is 247 g/mol. The summed E-state index contributed by atoms with van der Waals surface area (Å²) in [5, 5.41) is 0. The van der Waals surface area contributed by atoms with Crippen molar-refractivity contribution in [3.05, 3.63) is 40.6 Å². The second kappa shape index (κ2) is 4.71. The van der Waals surface area contributed by atoms with Gasteiger partial charge >= 0.3 is 0 Å². The van der Waals surface area contributed by atoms with Gasteiger partial charge in [-0.05, 0) is 18.2 Å². The molecule has 16 heavy (non-hydrogen) atoms. The first kappa shape index (κ1) is 11.2. The van der Waals surface area contributed by atoms with Crippen LogP contribution in [0.1, 0.15) is 4.88 Å². The highest BCUT2D eigenvalue weighted by molar-refractivity contribution is 7.84. The van der Waals surface area contributed by atoms with Gasteiger partial charge in [0, 0.05) is 16.0 Å². The monoisotopic (exact) mass is 256 g/mol. The Labute approximate surface area is 98.6 Å². The SMILES string of the molecule is Nc1ccc(S(=O)Cc2cncs2)cc1F. The molecule has 2 aromatic rings. The van der Waals surface area contributed by atoms with Gasteiger partial charge in [-0.25, -0.2) is 4.39 Å². The van der Waals surface area contributed by atoms with Crippen molar-refractivity contribution in [3.63, 3.8) is 0 Å². The Morgan fingerprint density at radius 1 is 1.50 bits per heavy atom. The van der Waals surface area contributed by atoms with Crippen LogP contribution in [0, 0.1) is 5.82 Å². The summed E-state index contributed by atoms with van der Waals surface area (Å²) in [5.74, 6) is -0.177. The first-order valence-corrected chi connectivity index (χ1v) is 6.67. The van der Waals surface area contributed by atoms with E-state index in [2.05, 4.69) is 4.98 Å². The Morgan fingerprint density at radius 2 is 2.31 bits per heavy atom. The molecule has 0 fully saturated rings.